The summed E-state index contributed by atoms with van der Waals surface area (Å²) in [5.74, 6) is 0. The van der Waals surface area contributed by atoms with E-state index in [4.69, 9.17) is 39.1 Å². The molecule has 516 valence electrons. The van der Waals surface area contributed by atoms with Gasteiger partial charge in [-0.3, -0.25) is 0 Å². The summed E-state index contributed by atoms with van der Waals surface area (Å²) in [6.45, 7) is 26.6. The maximum absolute atomic E-state index is 13.1. The average molecular weight is 1350 g/mol. The smallest absolute Gasteiger partial charge is 0.334 e. The van der Waals surface area contributed by atoms with Crippen molar-refractivity contribution in [1.82, 2.24) is 0 Å². The Morgan fingerprint density at radius 2 is 0.567 bits per heavy atom. The van der Waals surface area contributed by atoms with Crippen molar-refractivity contribution in [3.63, 3.8) is 0 Å². The predicted molar refractivity (Wildman–Crippen MR) is 365 cm³/mol. The van der Waals surface area contributed by atoms with Gasteiger partial charge in [-0.2, -0.15) is 0 Å². The van der Waals surface area contributed by atoms with Gasteiger partial charge in [-0.25, -0.2) is 8.62 Å². The Kier molecular flexibility index (Phi) is 38.6. The molecule has 0 amide bonds. The summed E-state index contributed by atoms with van der Waals surface area (Å²) in [7, 11) is -10.4. The monoisotopic (exact) mass is 1340 g/mol. The SMILES string of the molecule is CC(C)(C)c1ccc(C(O)(c2ccc(C(C)(C)C)cc2C(C)(C)C)C(CO)(CO)CO)c(C(C)(C)C)c1.CCCCCCCCCc1ccccc1C(O)(c1ccccc1CCCCCCCCC)C(CO)(CO)CO.OP(O)OP(O)O.OP(O)OP(O)O. The highest BCUT2D eigenvalue weighted by Crippen LogP contribution is 2.53. The van der Waals surface area contributed by atoms with Crippen molar-refractivity contribution >= 4 is 34.4 Å². The van der Waals surface area contributed by atoms with E-state index in [9.17, 15) is 40.9 Å². The minimum absolute atomic E-state index is 0.108. The zero-order valence-corrected chi connectivity index (χ0v) is 60.0. The summed E-state index contributed by atoms with van der Waals surface area (Å²) in [6, 6.07) is 27.9. The molecule has 4 aromatic rings. The van der Waals surface area contributed by atoms with Crippen molar-refractivity contribution in [2.24, 2.45) is 10.8 Å². The molecule has 0 saturated heterocycles. The van der Waals surface area contributed by atoms with Crippen molar-refractivity contribution in [2.75, 3.05) is 39.6 Å². The van der Waals surface area contributed by atoms with Gasteiger partial charge in [0.05, 0.1) is 50.5 Å². The highest BCUT2D eigenvalue weighted by atomic mass is 31.2. The van der Waals surface area contributed by atoms with Crippen LogP contribution in [0.4, 0.5) is 0 Å². The number of aryl methyl sites for hydroxylation is 2. The molecule has 0 aliphatic rings. The molecule has 0 atom stereocenters. The van der Waals surface area contributed by atoms with Gasteiger partial charge in [0.2, 0.25) is 0 Å². The summed E-state index contributed by atoms with van der Waals surface area (Å²) in [5, 5.41) is 89.6. The second-order valence-electron chi connectivity index (χ2n) is 27.7. The minimum atomic E-state index is -2.61. The summed E-state index contributed by atoms with van der Waals surface area (Å²) < 4.78 is 7.20. The highest BCUT2D eigenvalue weighted by molar-refractivity contribution is 7.53. The van der Waals surface area contributed by atoms with Crippen molar-refractivity contribution in [3.05, 3.63) is 141 Å². The lowest BCUT2D eigenvalue weighted by Gasteiger charge is -2.49. The zero-order valence-electron chi connectivity index (χ0n) is 56.4. The lowest BCUT2D eigenvalue weighted by atomic mass is 9.60. The number of aliphatic hydroxyl groups excluding tert-OH is 6. The van der Waals surface area contributed by atoms with Crippen LogP contribution < -0.4 is 0 Å². The Balaban J connectivity index is 0.000000741. The molecule has 4 aromatic carbocycles. The summed E-state index contributed by atoms with van der Waals surface area (Å²) >= 11 is 0. The Morgan fingerprint density at radius 3 is 0.800 bits per heavy atom. The normalized spacial score (nSPS) is 12.9. The fourth-order valence-electron chi connectivity index (χ4n) is 11.2. The molecule has 0 bridgehead atoms. The molecule has 0 unspecified atom stereocenters. The molecule has 0 radical (unpaired) electrons. The van der Waals surface area contributed by atoms with Crippen molar-refractivity contribution < 1.29 is 88.6 Å². The molecule has 22 heteroatoms. The van der Waals surface area contributed by atoms with Crippen molar-refractivity contribution in [3.8, 4) is 0 Å². The fraction of sp³-hybridized carbons (Fsp3) is 0.647. The van der Waals surface area contributed by atoms with Gasteiger partial charge in [-0.05, 0) is 103 Å². The van der Waals surface area contributed by atoms with E-state index in [2.05, 4.69) is 118 Å². The Bertz CT molecular complexity index is 2420. The van der Waals surface area contributed by atoms with Crippen LogP contribution in [0.15, 0.2) is 84.9 Å². The van der Waals surface area contributed by atoms with Gasteiger partial charge in [0.15, 0.2) is 0 Å². The van der Waals surface area contributed by atoms with Gasteiger partial charge >= 0.3 is 34.4 Å². The zero-order chi connectivity index (χ0) is 69.0. The van der Waals surface area contributed by atoms with E-state index in [1.165, 1.54) is 64.2 Å². The lowest BCUT2D eigenvalue weighted by molar-refractivity contribution is -0.137. The van der Waals surface area contributed by atoms with Gasteiger partial charge in [0.1, 0.15) is 11.2 Å². The van der Waals surface area contributed by atoms with Crippen LogP contribution in [0.1, 0.15) is 242 Å². The van der Waals surface area contributed by atoms with E-state index >= 15 is 0 Å². The quantitative estimate of drug-likeness (QED) is 0.0159. The summed E-state index contributed by atoms with van der Waals surface area (Å²) in [5.41, 5.74) is 0.986. The second-order valence-corrected chi connectivity index (χ2v) is 31.0. The van der Waals surface area contributed by atoms with E-state index in [0.717, 1.165) is 71.9 Å². The van der Waals surface area contributed by atoms with Crippen molar-refractivity contribution in [2.45, 2.75) is 233 Å². The van der Waals surface area contributed by atoms with E-state index in [0.29, 0.717) is 22.3 Å². The van der Waals surface area contributed by atoms with Crippen LogP contribution in [-0.2, 0) is 54.3 Å². The Labute approximate surface area is 544 Å². The van der Waals surface area contributed by atoms with Gasteiger partial charge in [-0.1, -0.05) is 259 Å². The van der Waals surface area contributed by atoms with Gasteiger partial charge in [0, 0.05) is 0 Å². The molecule has 0 heterocycles. The molecule has 0 aliphatic heterocycles. The van der Waals surface area contributed by atoms with E-state index in [-0.39, 0.29) is 21.7 Å². The maximum Gasteiger partial charge on any atom is 0.334 e. The van der Waals surface area contributed by atoms with Crippen LogP contribution in [0.5, 0.6) is 0 Å². The van der Waals surface area contributed by atoms with Gasteiger partial charge in [0.25, 0.3) is 0 Å². The molecule has 0 spiro atoms. The first-order valence-corrected chi connectivity index (χ1v) is 36.2. The molecular weight excluding hydrogens is 1230 g/mol. The third-order valence-corrected chi connectivity index (χ3v) is 19.1. The van der Waals surface area contributed by atoms with E-state index in [1.54, 1.807) is 0 Å². The standard InChI is InChI=1S/C35H56O4.C33H52O4.2H4O5P2/c1-3-5-7-9-11-13-15-21-30-23-17-19-25-32(30)35(39,34(27-36,28-37)29-38)33-26-20-18-24-31(33)22-16-14-12-10-8-6-4-2;1-28(2,3)22-13-15-24(26(17-22)30(7,8)9)33(37,32(19-34,20-35)21-36)25-16-14-23(29(4,5)6)18-27(25)31(10,11)12;2*1-6(2)5-7(3)4/h17-20,23-26,36-39H,3-16,21-22,27-29H2,1-2H3;13-18,34-37H,19-21H2,1-12H3;2*1-4H. The third-order valence-electron chi connectivity index (χ3n) is 16.7. The summed E-state index contributed by atoms with van der Waals surface area (Å²) in [4.78, 5) is 62.5. The Morgan fingerprint density at radius 1 is 0.311 bits per heavy atom. The first kappa shape index (κ1) is 85.9. The topological polar surface area (TPSA) is 342 Å². The predicted octanol–water partition coefficient (Wildman–Crippen LogP) is 12.4. The molecule has 16 N–H and O–H groups in total. The fourth-order valence-corrected chi connectivity index (χ4v) is 12.2. The third kappa shape index (κ3) is 25.5. The molecule has 0 fully saturated rings. The number of hydrogen-bond acceptors (Lipinski definition) is 18. The molecule has 0 saturated carbocycles. The van der Waals surface area contributed by atoms with Crippen LogP contribution in [0.25, 0.3) is 0 Å². The number of unbranched alkanes of at least 4 members (excludes halogenated alkanes) is 12. The van der Waals surface area contributed by atoms with Crippen LogP contribution in [0.3, 0.4) is 0 Å². The summed E-state index contributed by atoms with van der Waals surface area (Å²) in [6.07, 6.45) is 18.5. The first-order valence-electron chi connectivity index (χ1n) is 31.5. The maximum atomic E-state index is 13.1. The van der Waals surface area contributed by atoms with Crippen LogP contribution in [0.2, 0.25) is 0 Å². The molecule has 0 aliphatic carbocycles. The van der Waals surface area contributed by atoms with Crippen LogP contribution >= 0.6 is 34.4 Å². The van der Waals surface area contributed by atoms with Crippen LogP contribution in [0, 0.1) is 10.8 Å². The van der Waals surface area contributed by atoms with Crippen LogP contribution in [-0.4, -0.2) is 120 Å². The largest absolute Gasteiger partial charge is 0.395 e. The van der Waals surface area contributed by atoms with Crippen molar-refractivity contribution in [1.29, 1.82) is 0 Å². The number of hydrogen-bond donors (Lipinski definition) is 16. The highest BCUT2D eigenvalue weighted by Gasteiger charge is 2.56. The average Bonchev–Trinajstić information content (AvgIpc) is 0.726. The lowest BCUT2D eigenvalue weighted by Crippen LogP contribution is -2.55. The number of benzene rings is 4. The van der Waals surface area contributed by atoms with Gasteiger partial charge in [-0.15, -0.1) is 0 Å². The minimum Gasteiger partial charge on any atom is -0.395 e. The second kappa shape index (κ2) is 40.4. The number of rotatable bonds is 32. The van der Waals surface area contributed by atoms with E-state index < -0.39 is 96.1 Å². The van der Waals surface area contributed by atoms with Gasteiger partial charge < -0.3 is 80.0 Å². The number of aliphatic hydroxyl groups is 8. The van der Waals surface area contributed by atoms with E-state index in [1.807, 2.05) is 72.8 Å². The Hall–Kier alpha value is -2.12. The molecular formula is C68H116O18P4. The molecule has 4 rings (SSSR count). The molecule has 0 aromatic heterocycles. The first-order chi connectivity index (χ1) is 41.9. The molecule has 90 heavy (non-hydrogen) atoms. The molecule has 18 nitrogen and oxygen atoms in total.